The number of aromatic nitrogens is 2. The van der Waals surface area contributed by atoms with Crippen molar-refractivity contribution in [1.29, 1.82) is 0 Å². The summed E-state index contributed by atoms with van der Waals surface area (Å²) in [4.78, 5) is 20.5. The summed E-state index contributed by atoms with van der Waals surface area (Å²) in [5.74, 6) is 0.974. The van der Waals surface area contributed by atoms with Crippen LogP contribution in [0.4, 0.5) is 11.6 Å². The molecule has 2 N–H and O–H groups in total. The van der Waals surface area contributed by atoms with E-state index in [1.165, 1.54) is 0 Å². The number of carbonyl (C=O) groups excluding carboxylic acids is 1. The Labute approximate surface area is 111 Å². The summed E-state index contributed by atoms with van der Waals surface area (Å²) >= 11 is 0. The Balaban J connectivity index is 1.79. The van der Waals surface area contributed by atoms with Crippen molar-refractivity contribution in [2.75, 3.05) is 10.6 Å². The lowest BCUT2D eigenvalue weighted by atomic mass is 10.2. The van der Waals surface area contributed by atoms with Crippen molar-refractivity contribution in [3.8, 4) is 0 Å². The van der Waals surface area contributed by atoms with E-state index in [1.54, 1.807) is 36.7 Å². The summed E-state index contributed by atoms with van der Waals surface area (Å²) in [6, 6.07) is 9.36. The Morgan fingerprint density at radius 3 is 2.68 bits per heavy atom. The summed E-state index contributed by atoms with van der Waals surface area (Å²) < 4.78 is 0. The molecule has 0 spiro atoms. The molecule has 0 radical (unpaired) electrons. The lowest BCUT2D eigenvalue weighted by molar-refractivity contribution is 0.102. The van der Waals surface area contributed by atoms with Crippen molar-refractivity contribution in [2.24, 2.45) is 0 Å². The third-order valence-electron chi connectivity index (χ3n) is 2.88. The molecule has 1 aliphatic rings. The van der Waals surface area contributed by atoms with Gasteiger partial charge in [0.05, 0.1) is 5.56 Å². The fraction of sp³-hybridized carbons (Fsp3) is 0.214. The van der Waals surface area contributed by atoms with Crippen LogP contribution in [0.2, 0.25) is 0 Å². The van der Waals surface area contributed by atoms with Gasteiger partial charge in [-0.3, -0.25) is 4.79 Å². The second-order valence-electron chi connectivity index (χ2n) is 4.49. The van der Waals surface area contributed by atoms with Crippen LogP contribution < -0.4 is 10.6 Å². The van der Waals surface area contributed by atoms with E-state index in [9.17, 15) is 4.79 Å². The van der Waals surface area contributed by atoms with E-state index in [0.717, 1.165) is 12.8 Å². The van der Waals surface area contributed by atoms with Crippen molar-refractivity contribution in [1.82, 2.24) is 9.97 Å². The molecule has 2 aromatic heterocycles. The molecule has 1 aliphatic carbocycles. The lowest BCUT2D eigenvalue weighted by Gasteiger charge is -2.09. The molecule has 2 aromatic rings. The van der Waals surface area contributed by atoms with Crippen LogP contribution >= 0.6 is 0 Å². The van der Waals surface area contributed by atoms with E-state index in [2.05, 4.69) is 20.6 Å². The van der Waals surface area contributed by atoms with Crippen molar-refractivity contribution < 1.29 is 4.79 Å². The third kappa shape index (κ3) is 2.88. The number of rotatable bonds is 4. The number of hydrogen-bond acceptors (Lipinski definition) is 4. The zero-order valence-corrected chi connectivity index (χ0v) is 10.3. The zero-order chi connectivity index (χ0) is 13.1. The Bertz CT molecular complexity index is 581. The van der Waals surface area contributed by atoms with Gasteiger partial charge in [0.1, 0.15) is 11.6 Å². The van der Waals surface area contributed by atoms with Gasteiger partial charge in [0, 0.05) is 18.4 Å². The summed E-state index contributed by atoms with van der Waals surface area (Å²) in [6.45, 7) is 0. The van der Waals surface area contributed by atoms with Crippen LogP contribution in [0.25, 0.3) is 0 Å². The van der Waals surface area contributed by atoms with Crippen LogP contribution in [0.1, 0.15) is 23.2 Å². The Morgan fingerprint density at radius 2 is 1.95 bits per heavy atom. The van der Waals surface area contributed by atoms with Crippen molar-refractivity contribution in [2.45, 2.75) is 18.9 Å². The first kappa shape index (κ1) is 11.6. The molecule has 5 nitrogen and oxygen atoms in total. The highest BCUT2D eigenvalue weighted by atomic mass is 16.1. The minimum atomic E-state index is -0.199. The minimum absolute atomic E-state index is 0.199. The Hall–Kier alpha value is -2.43. The van der Waals surface area contributed by atoms with E-state index in [4.69, 9.17) is 0 Å². The molecule has 0 atom stereocenters. The van der Waals surface area contributed by atoms with Gasteiger partial charge in [-0.2, -0.15) is 0 Å². The van der Waals surface area contributed by atoms with Crippen LogP contribution in [0.5, 0.6) is 0 Å². The molecule has 19 heavy (non-hydrogen) atoms. The van der Waals surface area contributed by atoms with E-state index >= 15 is 0 Å². The highest BCUT2D eigenvalue weighted by molar-refractivity contribution is 6.07. The molecular weight excluding hydrogens is 240 g/mol. The normalized spacial score (nSPS) is 13.9. The molecule has 96 valence electrons. The molecular formula is C14H14N4O. The number of hydrogen-bond donors (Lipinski definition) is 2. The van der Waals surface area contributed by atoms with Crippen LogP contribution in [-0.4, -0.2) is 21.9 Å². The molecule has 1 saturated carbocycles. The second kappa shape index (κ2) is 5.06. The highest BCUT2D eigenvalue weighted by Gasteiger charge is 2.23. The first-order valence-corrected chi connectivity index (χ1v) is 6.27. The standard InChI is InChI=1S/C14H14N4O/c19-14(18-12-5-1-2-8-15-12)11-4-3-9-16-13(11)17-10-6-7-10/h1-5,8-10H,6-7H2,(H,16,17)(H,15,18,19). The fourth-order valence-corrected chi connectivity index (χ4v) is 1.74. The number of nitrogens with one attached hydrogen (secondary N) is 2. The molecule has 0 saturated heterocycles. The molecule has 5 heteroatoms. The Kier molecular flexibility index (Phi) is 3.10. The molecule has 0 aliphatic heterocycles. The maximum absolute atomic E-state index is 12.2. The van der Waals surface area contributed by atoms with Gasteiger partial charge < -0.3 is 10.6 Å². The molecule has 1 fully saturated rings. The first-order chi connectivity index (χ1) is 9.33. The van der Waals surface area contributed by atoms with Gasteiger partial charge in [0.25, 0.3) is 5.91 Å². The third-order valence-corrected chi connectivity index (χ3v) is 2.88. The van der Waals surface area contributed by atoms with Crippen molar-refractivity contribution >= 4 is 17.5 Å². The molecule has 2 heterocycles. The topological polar surface area (TPSA) is 66.9 Å². The van der Waals surface area contributed by atoms with Crippen LogP contribution in [-0.2, 0) is 0 Å². The van der Waals surface area contributed by atoms with Gasteiger partial charge >= 0.3 is 0 Å². The molecule has 0 aromatic carbocycles. The SMILES string of the molecule is O=C(Nc1ccccn1)c1cccnc1NC1CC1. The smallest absolute Gasteiger partial charge is 0.260 e. The van der Waals surface area contributed by atoms with Crippen LogP contribution in [0, 0.1) is 0 Å². The predicted molar refractivity (Wildman–Crippen MR) is 73.1 cm³/mol. The van der Waals surface area contributed by atoms with Crippen LogP contribution in [0.3, 0.4) is 0 Å². The zero-order valence-electron chi connectivity index (χ0n) is 10.3. The number of amides is 1. The average molecular weight is 254 g/mol. The van der Waals surface area contributed by atoms with Gasteiger partial charge in [-0.05, 0) is 37.1 Å². The molecule has 0 unspecified atom stereocenters. The number of nitrogens with zero attached hydrogens (tertiary/aromatic N) is 2. The lowest BCUT2D eigenvalue weighted by Crippen LogP contribution is -2.16. The van der Waals surface area contributed by atoms with E-state index < -0.39 is 0 Å². The van der Waals surface area contributed by atoms with Gasteiger partial charge in [0.15, 0.2) is 0 Å². The second-order valence-corrected chi connectivity index (χ2v) is 4.49. The summed E-state index contributed by atoms with van der Waals surface area (Å²) in [7, 11) is 0. The van der Waals surface area contributed by atoms with E-state index in [-0.39, 0.29) is 5.91 Å². The number of pyridine rings is 2. The van der Waals surface area contributed by atoms with Gasteiger partial charge in [0.2, 0.25) is 0 Å². The van der Waals surface area contributed by atoms with Gasteiger partial charge in [-0.1, -0.05) is 6.07 Å². The van der Waals surface area contributed by atoms with Gasteiger partial charge in [-0.15, -0.1) is 0 Å². The maximum Gasteiger partial charge on any atom is 0.260 e. The minimum Gasteiger partial charge on any atom is -0.367 e. The van der Waals surface area contributed by atoms with Gasteiger partial charge in [-0.25, -0.2) is 9.97 Å². The van der Waals surface area contributed by atoms with E-state index in [1.807, 2.05) is 6.07 Å². The highest BCUT2D eigenvalue weighted by Crippen LogP contribution is 2.25. The Morgan fingerprint density at radius 1 is 1.11 bits per heavy atom. The van der Waals surface area contributed by atoms with Crippen LogP contribution in [0.15, 0.2) is 42.7 Å². The molecule has 1 amide bonds. The van der Waals surface area contributed by atoms with Crippen molar-refractivity contribution in [3.63, 3.8) is 0 Å². The number of anilines is 2. The first-order valence-electron chi connectivity index (χ1n) is 6.27. The maximum atomic E-state index is 12.2. The number of carbonyl (C=O) groups is 1. The quantitative estimate of drug-likeness (QED) is 0.878. The average Bonchev–Trinajstić information content (AvgIpc) is 3.24. The fourth-order valence-electron chi connectivity index (χ4n) is 1.74. The molecule has 3 rings (SSSR count). The monoisotopic (exact) mass is 254 g/mol. The van der Waals surface area contributed by atoms with E-state index in [0.29, 0.717) is 23.2 Å². The largest absolute Gasteiger partial charge is 0.367 e. The summed E-state index contributed by atoms with van der Waals surface area (Å²) in [6.07, 6.45) is 5.60. The molecule has 0 bridgehead atoms. The predicted octanol–water partition coefficient (Wildman–Crippen LogP) is 2.30. The van der Waals surface area contributed by atoms with Crippen molar-refractivity contribution in [3.05, 3.63) is 48.3 Å². The summed E-state index contributed by atoms with van der Waals surface area (Å²) in [5, 5.41) is 6.02. The summed E-state index contributed by atoms with van der Waals surface area (Å²) in [5.41, 5.74) is 0.542.